The lowest BCUT2D eigenvalue weighted by atomic mass is 10.1. The van der Waals surface area contributed by atoms with Crippen LogP contribution in [0.3, 0.4) is 0 Å². The second kappa shape index (κ2) is 4.55. The summed E-state index contributed by atoms with van der Waals surface area (Å²) in [5.41, 5.74) is 1.07. The van der Waals surface area contributed by atoms with E-state index in [9.17, 15) is 4.79 Å². The molecular formula is C12H17NO2S. The fourth-order valence-corrected chi connectivity index (χ4v) is 2.79. The van der Waals surface area contributed by atoms with Crippen LogP contribution in [-0.2, 0) is 9.53 Å². The summed E-state index contributed by atoms with van der Waals surface area (Å²) in [6.07, 6.45) is 2.32. The second-order valence-corrected chi connectivity index (χ2v) is 5.73. The summed E-state index contributed by atoms with van der Waals surface area (Å²) in [5.74, 6) is -0.187. The van der Waals surface area contributed by atoms with Crippen LogP contribution in [0.15, 0.2) is 6.07 Å². The van der Waals surface area contributed by atoms with Crippen LogP contribution in [0.1, 0.15) is 34.2 Å². The molecule has 2 rings (SSSR count). The SMILES string of the molecule is COC(=O)C(NC1CC1)c1cc(C)sc1C. The van der Waals surface area contributed by atoms with Gasteiger partial charge in [0.2, 0.25) is 0 Å². The molecule has 1 aliphatic carbocycles. The van der Waals surface area contributed by atoms with Crippen molar-refractivity contribution >= 4 is 17.3 Å². The van der Waals surface area contributed by atoms with Crippen molar-refractivity contribution in [2.45, 2.75) is 38.8 Å². The number of esters is 1. The number of aryl methyl sites for hydroxylation is 2. The average Bonchev–Trinajstić information content (AvgIpc) is 3.00. The zero-order chi connectivity index (χ0) is 11.7. The third-order valence-electron chi connectivity index (χ3n) is 2.81. The van der Waals surface area contributed by atoms with Gasteiger partial charge in [-0.15, -0.1) is 11.3 Å². The normalized spacial score (nSPS) is 17.2. The fraction of sp³-hybridized carbons (Fsp3) is 0.583. The molecule has 1 saturated carbocycles. The van der Waals surface area contributed by atoms with E-state index in [0.717, 1.165) is 18.4 Å². The molecule has 1 N–H and O–H groups in total. The quantitative estimate of drug-likeness (QED) is 0.820. The number of thiophene rings is 1. The molecule has 0 aliphatic heterocycles. The Kier molecular flexibility index (Phi) is 3.30. The molecular weight excluding hydrogens is 222 g/mol. The number of hydrogen-bond donors (Lipinski definition) is 1. The summed E-state index contributed by atoms with van der Waals surface area (Å²) in [5, 5.41) is 3.34. The highest BCUT2D eigenvalue weighted by Gasteiger charge is 2.31. The van der Waals surface area contributed by atoms with Gasteiger partial charge in [0.15, 0.2) is 0 Å². The van der Waals surface area contributed by atoms with Crippen LogP contribution in [0.25, 0.3) is 0 Å². The van der Waals surface area contributed by atoms with Crippen molar-refractivity contribution in [3.05, 3.63) is 21.4 Å². The van der Waals surface area contributed by atoms with Crippen LogP contribution in [0.5, 0.6) is 0 Å². The summed E-state index contributed by atoms with van der Waals surface area (Å²) in [4.78, 5) is 14.2. The molecule has 1 aromatic heterocycles. The van der Waals surface area contributed by atoms with Gasteiger partial charge < -0.3 is 4.74 Å². The molecule has 1 atom stereocenters. The Bertz CT molecular complexity index is 396. The van der Waals surface area contributed by atoms with Crippen molar-refractivity contribution in [2.75, 3.05) is 7.11 Å². The summed E-state index contributed by atoms with van der Waals surface area (Å²) in [6, 6.07) is 2.28. The first-order valence-corrected chi connectivity index (χ1v) is 6.34. The van der Waals surface area contributed by atoms with Crippen molar-refractivity contribution in [3.8, 4) is 0 Å². The van der Waals surface area contributed by atoms with Gasteiger partial charge in [0.1, 0.15) is 6.04 Å². The monoisotopic (exact) mass is 239 g/mol. The molecule has 4 heteroatoms. The highest BCUT2D eigenvalue weighted by molar-refractivity contribution is 7.12. The number of carbonyl (C=O) groups excluding carboxylic acids is 1. The van der Waals surface area contributed by atoms with E-state index >= 15 is 0 Å². The van der Waals surface area contributed by atoms with Crippen molar-refractivity contribution in [2.24, 2.45) is 0 Å². The maximum Gasteiger partial charge on any atom is 0.327 e. The van der Waals surface area contributed by atoms with Gasteiger partial charge in [0.25, 0.3) is 0 Å². The van der Waals surface area contributed by atoms with E-state index in [1.165, 1.54) is 16.9 Å². The van der Waals surface area contributed by atoms with Gasteiger partial charge in [-0.25, -0.2) is 4.79 Å². The molecule has 0 radical (unpaired) electrons. The highest BCUT2D eigenvalue weighted by Crippen LogP contribution is 2.30. The minimum Gasteiger partial charge on any atom is -0.468 e. The van der Waals surface area contributed by atoms with Crippen LogP contribution in [0.4, 0.5) is 0 Å². The molecule has 0 bridgehead atoms. The number of methoxy groups -OCH3 is 1. The van der Waals surface area contributed by atoms with E-state index in [2.05, 4.69) is 25.2 Å². The highest BCUT2D eigenvalue weighted by atomic mass is 32.1. The number of hydrogen-bond acceptors (Lipinski definition) is 4. The second-order valence-electron chi connectivity index (χ2n) is 4.27. The van der Waals surface area contributed by atoms with E-state index < -0.39 is 0 Å². The zero-order valence-corrected chi connectivity index (χ0v) is 10.7. The molecule has 88 valence electrons. The molecule has 1 heterocycles. The number of nitrogens with one attached hydrogen (secondary N) is 1. The molecule has 16 heavy (non-hydrogen) atoms. The van der Waals surface area contributed by atoms with Gasteiger partial charge in [-0.05, 0) is 38.3 Å². The van der Waals surface area contributed by atoms with Gasteiger partial charge in [0, 0.05) is 15.8 Å². The molecule has 0 amide bonds. The van der Waals surface area contributed by atoms with Gasteiger partial charge in [-0.1, -0.05) is 0 Å². The smallest absolute Gasteiger partial charge is 0.327 e. The maximum atomic E-state index is 11.8. The summed E-state index contributed by atoms with van der Waals surface area (Å²) < 4.78 is 4.86. The largest absolute Gasteiger partial charge is 0.468 e. The van der Waals surface area contributed by atoms with E-state index in [0.29, 0.717) is 6.04 Å². The molecule has 0 spiro atoms. The van der Waals surface area contributed by atoms with Gasteiger partial charge in [-0.2, -0.15) is 0 Å². The molecule has 3 nitrogen and oxygen atoms in total. The molecule has 0 aromatic carbocycles. The Hall–Kier alpha value is -0.870. The average molecular weight is 239 g/mol. The third-order valence-corrected chi connectivity index (χ3v) is 3.79. The zero-order valence-electron chi connectivity index (χ0n) is 9.87. The number of ether oxygens (including phenoxy) is 1. The summed E-state index contributed by atoms with van der Waals surface area (Å²) in [6.45, 7) is 4.12. The first-order chi connectivity index (χ1) is 7.61. The molecule has 0 saturated heterocycles. The van der Waals surface area contributed by atoms with E-state index in [1.54, 1.807) is 11.3 Å². The van der Waals surface area contributed by atoms with Crippen LogP contribution in [-0.4, -0.2) is 19.1 Å². The Morgan fingerprint density at radius 2 is 2.25 bits per heavy atom. The minimum atomic E-state index is -0.289. The minimum absolute atomic E-state index is 0.187. The predicted molar refractivity (Wildman–Crippen MR) is 64.7 cm³/mol. The molecule has 1 aromatic rings. The standard InChI is InChI=1S/C12H17NO2S/c1-7-6-10(8(2)16-7)11(12(14)15-3)13-9-4-5-9/h6,9,11,13H,4-5H2,1-3H3. The van der Waals surface area contributed by atoms with E-state index in [-0.39, 0.29) is 12.0 Å². The van der Waals surface area contributed by atoms with Crippen molar-refractivity contribution in [3.63, 3.8) is 0 Å². The van der Waals surface area contributed by atoms with Crippen molar-refractivity contribution < 1.29 is 9.53 Å². The lowest BCUT2D eigenvalue weighted by Crippen LogP contribution is -2.31. The Morgan fingerprint density at radius 3 is 2.69 bits per heavy atom. The van der Waals surface area contributed by atoms with Crippen LogP contribution < -0.4 is 5.32 Å². The Morgan fingerprint density at radius 1 is 1.56 bits per heavy atom. The van der Waals surface area contributed by atoms with Crippen LogP contribution in [0.2, 0.25) is 0 Å². The molecule has 1 fully saturated rings. The number of carbonyl (C=O) groups is 1. The van der Waals surface area contributed by atoms with E-state index in [4.69, 9.17) is 4.74 Å². The van der Waals surface area contributed by atoms with Gasteiger partial charge >= 0.3 is 5.97 Å². The Balaban J connectivity index is 2.22. The van der Waals surface area contributed by atoms with E-state index in [1.807, 2.05) is 0 Å². The first-order valence-electron chi connectivity index (χ1n) is 5.52. The lowest BCUT2D eigenvalue weighted by Gasteiger charge is -2.16. The Labute approximate surface area is 99.8 Å². The molecule has 1 aliphatic rings. The van der Waals surface area contributed by atoms with Crippen LogP contribution in [0, 0.1) is 13.8 Å². The molecule has 1 unspecified atom stereocenters. The first kappa shape index (κ1) is 11.6. The van der Waals surface area contributed by atoms with Crippen molar-refractivity contribution in [1.82, 2.24) is 5.32 Å². The summed E-state index contributed by atoms with van der Waals surface area (Å²) in [7, 11) is 1.44. The van der Waals surface area contributed by atoms with Gasteiger partial charge in [0.05, 0.1) is 7.11 Å². The predicted octanol–water partition coefficient (Wildman–Crippen LogP) is 2.33. The topological polar surface area (TPSA) is 38.3 Å². The number of rotatable bonds is 4. The summed E-state index contributed by atoms with van der Waals surface area (Å²) >= 11 is 1.73. The lowest BCUT2D eigenvalue weighted by molar-refractivity contribution is -0.143. The van der Waals surface area contributed by atoms with Gasteiger partial charge in [-0.3, -0.25) is 5.32 Å². The third kappa shape index (κ3) is 2.44. The van der Waals surface area contributed by atoms with Crippen molar-refractivity contribution in [1.29, 1.82) is 0 Å². The van der Waals surface area contributed by atoms with Crippen LogP contribution >= 0.6 is 11.3 Å². The maximum absolute atomic E-state index is 11.8. The fourth-order valence-electron chi connectivity index (χ4n) is 1.83.